The van der Waals surface area contributed by atoms with Crippen molar-refractivity contribution >= 4 is 38.8 Å². The number of rotatable bonds is 7. The van der Waals surface area contributed by atoms with Crippen LogP contribution in [0.1, 0.15) is 10.4 Å². The van der Waals surface area contributed by atoms with Gasteiger partial charge in [-0.15, -0.1) is 23.1 Å². The maximum absolute atomic E-state index is 11.9. The van der Waals surface area contributed by atoms with E-state index in [-0.39, 0.29) is 5.75 Å². The van der Waals surface area contributed by atoms with Gasteiger partial charge in [0, 0.05) is 27.8 Å². The van der Waals surface area contributed by atoms with E-state index < -0.39 is 10.0 Å². The van der Waals surface area contributed by atoms with Crippen LogP contribution in [0.25, 0.3) is 0 Å². The lowest BCUT2D eigenvalue weighted by Gasteiger charge is -2.06. The number of anilines is 1. The topological polar surface area (TPSA) is 72.2 Å². The summed E-state index contributed by atoms with van der Waals surface area (Å²) >= 11 is 3.08. The number of thiophene rings is 1. The normalized spacial score (nSPS) is 11.7. The highest BCUT2D eigenvalue weighted by Gasteiger charge is 2.11. The van der Waals surface area contributed by atoms with Crippen molar-refractivity contribution in [2.24, 2.45) is 0 Å². The van der Waals surface area contributed by atoms with Crippen molar-refractivity contribution in [3.63, 3.8) is 0 Å². The van der Waals surface area contributed by atoms with Gasteiger partial charge in [0.15, 0.2) is 0 Å². The maximum Gasteiger partial charge on any atom is 0.212 e. The van der Waals surface area contributed by atoms with Gasteiger partial charge in [0.25, 0.3) is 0 Å². The molecule has 0 saturated heterocycles. The van der Waals surface area contributed by atoms with Crippen molar-refractivity contribution in [2.75, 3.05) is 17.2 Å². The zero-order chi connectivity index (χ0) is 15.3. The summed E-state index contributed by atoms with van der Waals surface area (Å²) in [7, 11) is -3.24. The quantitative estimate of drug-likeness (QED) is 0.599. The number of thioether (sulfide) groups is 1. The summed E-state index contributed by atoms with van der Waals surface area (Å²) in [4.78, 5) is 2.08. The number of hydrogen-bond acceptors (Lipinski definition) is 5. The van der Waals surface area contributed by atoms with Crippen LogP contribution in [-0.2, 0) is 16.6 Å². The van der Waals surface area contributed by atoms with Gasteiger partial charge in [0.1, 0.15) is 0 Å². The number of nitrogen functional groups attached to an aromatic ring is 1. The predicted molar refractivity (Wildman–Crippen MR) is 91.3 cm³/mol. The smallest absolute Gasteiger partial charge is 0.212 e. The molecular weight excluding hydrogens is 324 g/mol. The van der Waals surface area contributed by atoms with E-state index >= 15 is 0 Å². The standard InChI is InChI=1S/C14H18N2O2S3/c1-11-6-7-20-14(11)10-16-21(17,18)9-8-19-13-4-2-12(15)3-5-13/h2-7,16H,8-10,15H2,1H3. The number of nitrogens with one attached hydrogen (secondary N) is 1. The Balaban J connectivity index is 1.78. The molecule has 1 aromatic carbocycles. The number of sulfonamides is 1. The van der Waals surface area contributed by atoms with Crippen LogP contribution in [-0.4, -0.2) is 19.9 Å². The minimum absolute atomic E-state index is 0.104. The zero-order valence-electron chi connectivity index (χ0n) is 11.7. The van der Waals surface area contributed by atoms with Gasteiger partial charge in [0.05, 0.1) is 5.75 Å². The first-order chi connectivity index (χ1) is 9.96. The van der Waals surface area contributed by atoms with Crippen molar-refractivity contribution in [1.29, 1.82) is 0 Å². The molecule has 0 saturated carbocycles. The molecule has 0 fully saturated rings. The highest BCUT2D eigenvalue weighted by Crippen LogP contribution is 2.19. The minimum atomic E-state index is -3.24. The molecule has 0 radical (unpaired) electrons. The Hall–Kier alpha value is -1.02. The monoisotopic (exact) mass is 342 g/mol. The van der Waals surface area contributed by atoms with Gasteiger partial charge in [-0.3, -0.25) is 0 Å². The molecule has 1 aromatic heterocycles. The molecule has 0 atom stereocenters. The summed E-state index contributed by atoms with van der Waals surface area (Å²) < 4.78 is 26.5. The van der Waals surface area contributed by atoms with E-state index in [1.165, 1.54) is 11.8 Å². The Morgan fingerprint density at radius 1 is 1.24 bits per heavy atom. The van der Waals surface area contributed by atoms with Crippen LogP contribution in [0.3, 0.4) is 0 Å². The molecule has 0 bridgehead atoms. The molecule has 2 aromatic rings. The fourth-order valence-corrected chi connectivity index (χ4v) is 4.89. The lowest BCUT2D eigenvalue weighted by atomic mass is 10.3. The fourth-order valence-electron chi connectivity index (χ4n) is 1.67. The van der Waals surface area contributed by atoms with Gasteiger partial charge in [-0.2, -0.15) is 0 Å². The molecule has 1 heterocycles. The predicted octanol–water partition coefficient (Wildman–Crippen LogP) is 2.85. The molecule has 0 amide bonds. The molecule has 7 heteroatoms. The second kappa shape index (κ2) is 7.31. The average Bonchev–Trinajstić information content (AvgIpc) is 2.84. The largest absolute Gasteiger partial charge is 0.399 e. The summed E-state index contributed by atoms with van der Waals surface area (Å²) in [5.74, 6) is 0.620. The van der Waals surface area contributed by atoms with Crippen molar-refractivity contribution in [2.45, 2.75) is 18.4 Å². The van der Waals surface area contributed by atoms with Crippen LogP contribution in [0.4, 0.5) is 5.69 Å². The molecule has 21 heavy (non-hydrogen) atoms. The van der Waals surface area contributed by atoms with Gasteiger partial charge >= 0.3 is 0 Å². The molecule has 2 rings (SSSR count). The summed E-state index contributed by atoms with van der Waals surface area (Å²) in [5, 5.41) is 1.97. The first-order valence-corrected chi connectivity index (χ1v) is 9.97. The van der Waals surface area contributed by atoms with Gasteiger partial charge in [0.2, 0.25) is 10.0 Å². The Kier molecular flexibility index (Phi) is 5.69. The van der Waals surface area contributed by atoms with Crippen LogP contribution in [0.15, 0.2) is 40.6 Å². The average molecular weight is 343 g/mol. The molecule has 4 nitrogen and oxygen atoms in total. The van der Waals surface area contributed by atoms with Gasteiger partial charge in [-0.25, -0.2) is 13.1 Å². The molecular formula is C14H18N2O2S3. The number of aryl methyl sites for hydroxylation is 1. The first kappa shape index (κ1) is 16.4. The third-order valence-corrected chi connectivity index (χ3v) is 6.54. The number of nitrogens with two attached hydrogens (primary N) is 1. The van der Waals surface area contributed by atoms with E-state index in [1.54, 1.807) is 11.3 Å². The van der Waals surface area contributed by atoms with Crippen LogP contribution < -0.4 is 10.5 Å². The summed E-state index contributed by atoms with van der Waals surface area (Å²) in [5.41, 5.74) is 7.44. The summed E-state index contributed by atoms with van der Waals surface area (Å²) in [6.45, 7) is 2.36. The van der Waals surface area contributed by atoms with Crippen molar-refractivity contribution in [3.8, 4) is 0 Å². The molecule has 3 N–H and O–H groups in total. The van der Waals surface area contributed by atoms with Crippen LogP contribution in [0.2, 0.25) is 0 Å². The second-order valence-electron chi connectivity index (χ2n) is 4.58. The molecule has 0 unspecified atom stereocenters. The molecule has 0 aliphatic rings. The van der Waals surface area contributed by atoms with E-state index in [9.17, 15) is 8.42 Å². The van der Waals surface area contributed by atoms with Gasteiger partial charge in [-0.1, -0.05) is 0 Å². The summed E-state index contributed by atoms with van der Waals surface area (Å²) in [6, 6.07) is 9.42. The van der Waals surface area contributed by atoms with E-state index in [1.807, 2.05) is 42.6 Å². The Morgan fingerprint density at radius 3 is 2.57 bits per heavy atom. The molecule has 114 valence electrons. The molecule has 0 spiro atoms. The van der Waals surface area contributed by atoms with Crippen molar-refractivity contribution in [3.05, 3.63) is 46.2 Å². The SMILES string of the molecule is Cc1ccsc1CNS(=O)(=O)CCSc1ccc(N)cc1. The van der Waals surface area contributed by atoms with Crippen LogP contribution >= 0.6 is 23.1 Å². The zero-order valence-corrected chi connectivity index (χ0v) is 14.2. The Bertz CT molecular complexity index is 678. The minimum Gasteiger partial charge on any atom is -0.399 e. The lowest BCUT2D eigenvalue weighted by Crippen LogP contribution is -2.26. The third kappa shape index (κ3) is 5.35. The fraction of sp³-hybridized carbons (Fsp3) is 0.286. The maximum atomic E-state index is 11.9. The second-order valence-corrected chi connectivity index (χ2v) is 8.68. The van der Waals surface area contributed by atoms with Gasteiger partial charge in [-0.05, 0) is 48.2 Å². The van der Waals surface area contributed by atoms with E-state index in [0.717, 1.165) is 15.3 Å². The Morgan fingerprint density at radius 2 is 1.95 bits per heavy atom. The molecule has 0 aliphatic heterocycles. The van der Waals surface area contributed by atoms with E-state index in [4.69, 9.17) is 5.73 Å². The van der Waals surface area contributed by atoms with E-state index in [0.29, 0.717) is 18.0 Å². The highest BCUT2D eigenvalue weighted by atomic mass is 32.2. The number of benzene rings is 1. The van der Waals surface area contributed by atoms with E-state index in [2.05, 4.69) is 4.72 Å². The Labute approximate surface area is 133 Å². The number of hydrogen-bond donors (Lipinski definition) is 2. The van der Waals surface area contributed by atoms with Crippen molar-refractivity contribution < 1.29 is 8.42 Å². The highest BCUT2D eigenvalue weighted by molar-refractivity contribution is 8.00. The van der Waals surface area contributed by atoms with Gasteiger partial charge < -0.3 is 5.73 Å². The third-order valence-electron chi connectivity index (χ3n) is 2.92. The lowest BCUT2D eigenvalue weighted by molar-refractivity contribution is 0.583. The van der Waals surface area contributed by atoms with Crippen LogP contribution in [0, 0.1) is 6.92 Å². The van der Waals surface area contributed by atoms with Crippen LogP contribution in [0.5, 0.6) is 0 Å². The first-order valence-electron chi connectivity index (χ1n) is 6.45. The molecule has 0 aliphatic carbocycles. The summed E-state index contributed by atoms with van der Waals surface area (Å²) in [6.07, 6.45) is 0. The van der Waals surface area contributed by atoms with Crippen molar-refractivity contribution in [1.82, 2.24) is 4.72 Å².